The maximum Gasteiger partial charge on any atom is 0.434 e. The number of carbonyl (C=O) groups is 1. The highest BCUT2D eigenvalue weighted by Gasteiger charge is 2.40. The molecule has 0 aliphatic carbocycles. The molecule has 0 radical (unpaired) electrons. The number of rotatable bonds is 5. The van der Waals surface area contributed by atoms with Crippen molar-refractivity contribution < 1.29 is 35.9 Å². The van der Waals surface area contributed by atoms with Gasteiger partial charge in [-0.05, 0) is 36.4 Å². The number of alkyl halides is 6. The monoisotopic (exact) mass is 429 g/mol. The fourth-order valence-electron chi connectivity index (χ4n) is 2.55. The molecule has 0 unspecified atom stereocenters. The third kappa shape index (κ3) is 5.10. The van der Waals surface area contributed by atoms with E-state index in [2.05, 4.69) is 15.2 Å². The van der Waals surface area contributed by atoms with E-state index >= 15 is 0 Å². The zero-order valence-corrected chi connectivity index (χ0v) is 15.0. The van der Waals surface area contributed by atoms with Crippen molar-refractivity contribution in [1.82, 2.24) is 9.78 Å². The van der Waals surface area contributed by atoms with Crippen LogP contribution in [0.2, 0.25) is 0 Å². The van der Waals surface area contributed by atoms with Gasteiger partial charge in [0.25, 0.3) is 5.91 Å². The molecular formula is C19H13F6N3O2. The standard InChI is InChI=1S/C19H13F6N3O2/c20-18(21,22)11-30-14-8-6-12(7-9-14)27-17(29)15-10-26-28(16(15)19(23,24)25)13-4-2-1-3-5-13/h1-10H,11H2,(H,27,29). The van der Waals surface area contributed by atoms with E-state index in [1.807, 2.05) is 0 Å². The first-order chi connectivity index (χ1) is 14.0. The summed E-state index contributed by atoms with van der Waals surface area (Å²) in [6.45, 7) is -1.49. The highest BCUT2D eigenvalue weighted by molar-refractivity contribution is 6.05. The van der Waals surface area contributed by atoms with E-state index in [0.717, 1.165) is 18.3 Å². The van der Waals surface area contributed by atoms with Gasteiger partial charge in [-0.25, -0.2) is 4.68 Å². The summed E-state index contributed by atoms with van der Waals surface area (Å²) in [5.74, 6) is -1.19. The van der Waals surface area contributed by atoms with Crippen LogP contribution in [0.4, 0.5) is 32.0 Å². The molecule has 30 heavy (non-hydrogen) atoms. The van der Waals surface area contributed by atoms with Gasteiger partial charge in [-0.3, -0.25) is 4.79 Å². The summed E-state index contributed by atoms with van der Waals surface area (Å²) < 4.78 is 82.5. The number of nitrogens with one attached hydrogen (secondary N) is 1. The zero-order valence-electron chi connectivity index (χ0n) is 15.0. The third-order valence-electron chi connectivity index (χ3n) is 3.80. The van der Waals surface area contributed by atoms with Crippen LogP contribution in [0.15, 0.2) is 60.8 Å². The van der Waals surface area contributed by atoms with Gasteiger partial charge in [0.15, 0.2) is 12.3 Å². The van der Waals surface area contributed by atoms with Crippen molar-refractivity contribution >= 4 is 11.6 Å². The summed E-state index contributed by atoms with van der Waals surface area (Å²) >= 11 is 0. The SMILES string of the molecule is O=C(Nc1ccc(OCC(F)(F)F)cc1)c1cnn(-c2ccccc2)c1C(F)(F)F. The molecule has 1 N–H and O–H groups in total. The van der Waals surface area contributed by atoms with Gasteiger partial charge >= 0.3 is 12.4 Å². The number of amides is 1. The average molecular weight is 429 g/mol. The number of anilines is 1. The summed E-state index contributed by atoms with van der Waals surface area (Å²) in [6, 6.07) is 12.2. The lowest BCUT2D eigenvalue weighted by molar-refractivity contribution is -0.153. The van der Waals surface area contributed by atoms with E-state index in [-0.39, 0.29) is 17.1 Å². The maximum absolute atomic E-state index is 13.6. The van der Waals surface area contributed by atoms with Crippen molar-refractivity contribution in [1.29, 1.82) is 0 Å². The van der Waals surface area contributed by atoms with Gasteiger partial charge in [0.2, 0.25) is 0 Å². The van der Waals surface area contributed by atoms with E-state index < -0.39 is 36.1 Å². The van der Waals surface area contributed by atoms with Gasteiger partial charge in [-0.2, -0.15) is 31.4 Å². The number of carbonyl (C=O) groups excluding carboxylic acids is 1. The van der Waals surface area contributed by atoms with E-state index in [0.29, 0.717) is 4.68 Å². The molecule has 1 heterocycles. The molecule has 0 aliphatic heterocycles. The Bertz CT molecular complexity index is 1010. The first-order valence-corrected chi connectivity index (χ1v) is 8.36. The van der Waals surface area contributed by atoms with Crippen molar-refractivity contribution in [3.05, 3.63) is 72.1 Å². The molecule has 0 aliphatic rings. The first-order valence-electron chi connectivity index (χ1n) is 8.36. The Balaban J connectivity index is 1.81. The van der Waals surface area contributed by atoms with Crippen LogP contribution in [0.3, 0.4) is 0 Å². The number of aromatic nitrogens is 2. The van der Waals surface area contributed by atoms with Crippen LogP contribution in [-0.4, -0.2) is 28.5 Å². The molecule has 0 spiro atoms. The fourth-order valence-corrected chi connectivity index (χ4v) is 2.55. The van der Waals surface area contributed by atoms with Gasteiger partial charge in [0, 0.05) is 5.69 Å². The van der Waals surface area contributed by atoms with E-state index in [1.54, 1.807) is 6.07 Å². The lowest BCUT2D eigenvalue weighted by Gasteiger charge is -2.13. The molecule has 1 amide bonds. The molecule has 5 nitrogen and oxygen atoms in total. The smallest absolute Gasteiger partial charge is 0.434 e. The normalized spacial score (nSPS) is 11.9. The van der Waals surface area contributed by atoms with Crippen molar-refractivity contribution in [3.8, 4) is 11.4 Å². The van der Waals surface area contributed by atoms with Gasteiger partial charge in [0.1, 0.15) is 5.75 Å². The zero-order chi connectivity index (χ0) is 21.9. The summed E-state index contributed by atoms with van der Waals surface area (Å²) in [7, 11) is 0. The largest absolute Gasteiger partial charge is 0.484 e. The third-order valence-corrected chi connectivity index (χ3v) is 3.80. The minimum absolute atomic E-state index is 0.0694. The summed E-state index contributed by atoms with van der Waals surface area (Å²) in [5.41, 5.74) is -1.77. The fraction of sp³-hybridized carbons (Fsp3) is 0.158. The Morgan fingerprint density at radius 1 is 0.967 bits per heavy atom. The predicted octanol–water partition coefficient (Wildman–Crippen LogP) is 5.08. The molecule has 0 saturated heterocycles. The average Bonchev–Trinajstić information content (AvgIpc) is 3.13. The Morgan fingerprint density at radius 2 is 1.60 bits per heavy atom. The lowest BCUT2D eigenvalue weighted by atomic mass is 10.2. The summed E-state index contributed by atoms with van der Waals surface area (Å²) in [6.07, 6.45) is -8.58. The number of halogens is 6. The van der Waals surface area contributed by atoms with Crippen molar-refractivity contribution in [2.75, 3.05) is 11.9 Å². The van der Waals surface area contributed by atoms with Gasteiger partial charge in [-0.1, -0.05) is 18.2 Å². The Hall–Kier alpha value is -3.50. The molecular weight excluding hydrogens is 416 g/mol. The van der Waals surface area contributed by atoms with E-state index in [9.17, 15) is 31.1 Å². The summed E-state index contributed by atoms with van der Waals surface area (Å²) in [4.78, 5) is 12.4. The minimum Gasteiger partial charge on any atom is -0.484 e. The molecule has 0 atom stereocenters. The van der Waals surface area contributed by atoms with Crippen molar-refractivity contribution in [2.24, 2.45) is 0 Å². The number of nitrogens with zero attached hydrogens (tertiary/aromatic N) is 2. The topological polar surface area (TPSA) is 56.1 Å². The van der Waals surface area contributed by atoms with Crippen LogP contribution >= 0.6 is 0 Å². The molecule has 0 fully saturated rings. The van der Waals surface area contributed by atoms with Crippen LogP contribution < -0.4 is 10.1 Å². The molecule has 3 rings (SSSR count). The molecule has 158 valence electrons. The van der Waals surface area contributed by atoms with Crippen LogP contribution in [0, 0.1) is 0 Å². The van der Waals surface area contributed by atoms with Crippen LogP contribution in [0.25, 0.3) is 5.69 Å². The van der Waals surface area contributed by atoms with Crippen LogP contribution in [0.5, 0.6) is 5.75 Å². The van der Waals surface area contributed by atoms with Gasteiger partial charge in [0.05, 0.1) is 17.4 Å². The quantitative estimate of drug-likeness (QED) is 0.576. The van der Waals surface area contributed by atoms with Crippen LogP contribution in [0.1, 0.15) is 16.1 Å². The van der Waals surface area contributed by atoms with Gasteiger partial charge in [-0.15, -0.1) is 0 Å². The molecule has 1 aromatic heterocycles. The highest BCUT2D eigenvalue weighted by atomic mass is 19.4. The number of hydrogen-bond acceptors (Lipinski definition) is 3. The minimum atomic E-state index is -4.87. The molecule has 11 heteroatoms. The second-order valence-corrected chi connectivity index (χ2v) is 6.03. The predicted molar refractivity (Wildman–Crippen MR) is 94.5 cm³/mol. The summed E-state index contributed by atoms with van der Waals surface area (Å²) in [5, 5.41) is 5.95. The number of para-hydroxylation sites is 1. The Labute approximate surface area is 165 Å². The molecule has 3 aromatic rings. The second kappa shape index (κ2) is 8.09. The highest BCUT2D eigenvalue weighted by Crippen LogP contribution is 2.34. The number of benzene rings is 2. The Morgan fingerprint density at radius 3 is 2.17 bits per heavy atom. The van der Waals surface area contributed by atoms with Crippen LogP contribution in [-0.2, 0) is 6.18 Å². The lowest BCUT2D eigenvalue weighted by Crippen LogP contribution is -2.21. The Kier molecular flexibility index (Phi) is 5.72. The molecule has 0 bridgehead atoms. The van der Waals surface area contributed by atoms with Gasteiger partial charge < -0.3 is 10.1 Å². The first kappa shape index (κ1) is 21.2. The second-order valence-electron chi connectivity index (χ2n) is 6.03. The van der Waals surface area contributed by atoms with Crippen molar-refractivity contribution in [3.63, 3.8) is 0 Å². The number of ether oxygens (including phenoxy) is 1. The van der Waals surface area contributed by atoms with Crippen molar-refractivity contribution in [2.45, 2.75) is 12.4 Å². The van der Waals surface area contributed by atoms with E-state index in [4.69, 9.17) is 0 Å². The maximum atomic E-state index is 13.6. The number of hydrogen-bond donors (Lipinski definition) is 1. The molecule has 2 aromatic carbocycles. The van der Waals surface area contributed by atoms with E-state index in [1.165, 1.54) is 36.4 Å². The molecule has 0 saturated carbocycles.